The molecule has 0 aliphatic heterocycles. The lowest BCUT2D eigenvalue weighted by Crippen LogP contribution is -2.22. The molecule has 0 aromatic heterocycles. The molecule has 3 heteroatoms. The van der Waals surface area contributed by atoms with E-state index in [0.717, 1.165) is 19.5 Å². The number of rotatable bonds is 15. The molecule has 0 spiro atoms. The highest BCUT2D eigenvalue weighted by Gasteiger charge is 2.04. The molecular weight excluding hydrogens is 266 g/mol. The second-order valence-electron chi connectivity index (χ2n) is 6.03. The van der Waals surface area contributed by atoms with Gasteiger partial charge in [0.25, 0.3) is 0 Å². The van der Waals surface area contributed by atoms with E-state index < -0.39 is 10.8 Å². The molecule has 0 bridgehead atoms. The molecule has 0 amide bonds. The van der Waals surface area contributed by atoms with Gasteiger partial charge in [0.1, 0.15) is 0 Å². The lowest BCUT2D eigenvalue weighted by Gasteiger charge is -2.09. The van der Waals surface area contributed by atoms with Gasteiger partial charge in [-0.1, -0.05) is 71.6 Å². The van der Waals surface area contributed by atoms with E-state index in [9.17, 15) is 4.21 Å². The van der Waals surface area contributed by atoms with Gasteiger partial charge in [0.05, 0.1) is 0 Å². The van der Waals surface area contributed by atoms with Crippen LogP contribution in [0.1, 0.15) is 84.5 Å². The molecule has 0 aliphatic carbocycles. The maximum Gasteiger partial charge on any atom is 0.0329 e. The maximum atomic E-state index is 11.2. The van der Waals surface area contributed by atoms with Crippen LogP contribution in [0.25, 0.3) is 0 Å². The van der Waals surface area contributed by atoms with Crippen molar-refractivity contribution < 1.29 is 4.21 Å². The van der Waals surface area contributed by atoms with Crippen molar-refractivity contribution in [2.75, 3.05) is 19.3 Å². The first-order chi connectivity index (χ1) is 9.68. The zero-order chi connectivity index (χ0) is 15.1. The molecule has 0 rings (SSSR count). The van der Waals surface area contributed by atoms with Crippen LogP contribution in [0.5, 0.6) is 0 Å². The maximum absolute atomic E-state index is 11.2. The van der Waals surface area contributed by atoms with Gasteiger partial charge in [-0.05, 0) is 25.9 Å². The SMILES string of the molecule is CCCCCCCCCCCCNCCC(C)S(C)=O. The van der Waals surface area contributed by atoms with Crippen LogP contribution in [-0.4, -0.2) is 28.8 Å². The third kappa shape index (κ3) is 14.5. The van der Waals surface area contributed by atoms with Crippen LogP contribution in [0.15, 0.2) is 0 Å². The van der Waals surface area contributed by atoms with Gasteiger partial charge in [0.15, 0.2) is 0 Å². The molecule has 1 N–H and O–H groups in total. The first kappa shape index (κ1) is 20.1. The van der Waals surface area contributed by atoms with E-state index in [1.165, 1.54) is 64.2 Å². The lowest BCUT2D eigenvalue weighted by atomic mass is 10.1. The normalized spacial score (nSPS) is 14.3. The second-order valence-corrected chi connectivity index (χ2v) is 7.83. The molecule has 2 nitrogen and oxygen atoms in total. The van der Waals surface area contributed by atoms with Gasteiger partial charge in [-0.25, -0.2) is 0 Å². The summed E-state index contributed by atoms with van der Waals surface area (Å²) in [6.07, 6.45) is 16.8. The molecule has 0 radical (unpaired) electrons. The Morgan fingerprint density at radius 1 is 0.850 bits per heavy atom. The molecule has 2 atom stereocenters. The molecule has 2 unspecified atom stereocenters. The summed E-state index contributed by atoms with van der Waals surface area (Å²) in [5, 5.41) is 3.79. The molecular formula is C17H37NOS. The number of hydrogen-bond acceptors (Lipinski definition) is 2. The Morgan fingerprint density at radius 3 is 1.85 bits per heavy atom. The molecule has 0 heterocycles. The molecule has 0 saturated heterocycles. The zero-order valence-corrected chi connectivity index (χ0v) is 14.9. The highest BCUT2D eigenvalue weighted by Crippen LogP contribution is 2.10. The molecule has 0 saturated carbocycles. The van der Waals surface area contributed by atoms with E-state index in [-0.39, 0.29) is 0 Å². The minimum absolute atomic E-state index is 0.329. The van der Waals surface area contributed by atoms with Crippen LogP contribution in [0.4, 0.5) is 0 Å². The summed E-state index contributed by atoms with van der Waals surface area (Å²) in [6.45, 7) is 6.48. The molecule has 0 aromatic carbocycles. The van der Waals surface area contributed by atoms with Crippen LogP contribution in [0.3, 0.4) is 0 Å². The predicted octanol–water partition coefficient (Wildman–Crippen LogP) is 4.65. The minimum atomic E-state index is -0.666. The Balaban J connectivity index is 3.04. The number of hydrogen-bond donors (Lipinski definition) is 1. The average Bonchev–Trinajstić information content (AvgIpc) is 2.43. The summed E-state index contributed by atoms with van der Waals surface area (Å²) in [5.74, 6) is 0. The third-order valence-corrected chi connectivity index (χ3v) is 5.37. The van der Waals surface area contributed by atoms with Gasteiger partial charge >= 0.3 is 0 Å². The van der Waals surface area contributed by atoms with E-state index in [2.05, 4.69) is 19.2 Å². The van der Waals surface area contributed by atoms with Gasteiger partial charge in [-0.15, -0.1) is 0 Å². The molecule has 122 valence electrons. The van der Waals surface area contributed by atoms with Crippen LogP contribution in [-0.2, 0) is 10.8 Å². The van der Waals surface area contributed by atoms with Crippen molar-refractivity contribution in [3.63, 3.8) is 0 Å². The van der Waals surface area contributed by atoms with E-state index in [1.54, 1.807) is 6.26 Å². The van der Waals surface area contributed by atoms with Gasteiger partial charge in [0.2, 0.25) is 0 Å². The van der Waals surface area contributed by atoms with Gasteiger partial charge in [-0.2, -0.15) is 0 Å². The van der Waals surface area contributed by atoms with E-state index in [4.69, 9.17) is 0 Å². The van der Waals surface area contributed by atoms with E-state index in [1.807, 2.05) is 0 Å². The van der Waals surface area contributed by atoms with Gasteiger partial charge in [-0.3, -0.25) is 4.21 Å². The van der Waals surface area contributed by atoms with Crippen molar-refractivity contribution in [2.24, 2.45) is 0 Å². The van der Waals surface area contributed by atoms with Crippen LogP contribution in [0.2, 0.25) is 0 Å². The second kappa shape index (κ2) is 15.5. The zero-order valence-electron chi connectivity index (χ0n) is 14.1. The predicted molar refractivity (Wildman–Crippen MR) is 92.9 cm³/mol. The van der Waals surface area contributed by atoms with Crippen LogP contribution in [0, 0.1) is 0 Å². The minimum Gasteiger partial charge on any atom is -0.317 e. The molecule has 0 fully saturated rings. The van der Waals surface area contributed by atoms with Crippen LogP contribution >= 0.6 is 0 Å². The monoisotopic (exact) mass is 303 g/mol. The highest BCUT2D eigenvalue weighted by molar-refractivity contribution is 7.84. The summed E-state index contributed by atoms with van der Waals surface area (Å²) in [4.78, 5) is 0. The fourth-order valence-electron chi connectivity index (χ4n) is 2.33. The first-order valence-electron chi connectivity index (χ1n) is 8.71. The summed E-state index contributed by atoms with van der Waals surface area (Å²) in [7, 11) is -0.666. The Kier molecular flexibility index (Phi) is 15.6. The molecule has 0 aromatic rings. The Bertz CT molecular complexity index is 221. The van der Waals surface area contributed by atoms with Crippen molar-refractivity contribution in [1.82, 2.24) is 5.32 Å². The van der Waals surface area contributed by atoms with Crippen molar-refractivity contribution in [2.45, 2.75) is 89.7 Å². The number of unbranched alkanes of at least 4 members (excludes halogenated alkanes) is 9. The first-order valence-corrected chi connectivity index (χ1v) is 10.3. The van der Waals surface area contributed by atoms with E-state index in [0.29, 0.717) is 5.25 Å². The summed E-state index contributed by atoms with van der Waals surface area (Å²) in [5.41, 5.74) is 0. The van der Waals surface area contributed by atoms with Crippen molar-refractivity contribution in [3.05, 3.63) is 0 Å². The van der Waals surface area contributed by atoms with Crippen molar-refractivity contribution in [1.29, 1.82) is 0 Å². The standard InChI is InChI=1S/C17H37NOS/c1-4-5-6-7-8-9-10-11-12-13-15-18-16-14-17(2)20(3)19/h17-18H,4-16H2,1-3H3. The highest BCUT2D eigenvalue weighted by atomic mass is 32.2. The summed E-state index contributed by atoms with van der Waals surface area (Å²) >= 11 is 0. The van der Waals surface area contributed by atoms with Crippen molar-refractivity contribution >= 4 is 10.8 Å². The molecule has 20 heavy (non-hydrogen) atoms. The topological polar surface area (TPSA) is 29.1 Å². The molecule has 0 aliphatic rings. The quantitative estimate of drug-likeness (QED) is 0.446. The lowest BCUT2D eigenvalue weighted by molar-refractivity contribution is 0.540. The third-order valence-electron chi connectivity index (χ3n) is 4.00. The fourth-order valence-corrected chi connectivity index (χ4v) is 2.78. The smallest absolute Gasteiger partial charge is 0.0329 e. The number of nitrogens with one attached hydrogen (secondary N) is 1. The van der Waals surface area contributed by atoms with Crippen LogP contribution < -0.4 is 5.32 Å². The van der Waals surface area contributed by atoms with E-state index >= 15 is 0 Å². The van der Waals surface area contributed by atoms with Crippen molar-refractivity contribution in [3.8, 4) is 0 Å². The average molecular weight is 304 g/mol. The summed E-state index contributed by atoms with van der Waals surface area (Å²) in [6, 6.07) is 0. The summed E-state index contributed by atoms with van der Waals surface area (Å²) < 4.78 is 11.2. The Labute approximate surface area is 130 Å². The fraction of sp³-hybridized carbons (Fsp3) is 1.00. The van der Waals surface area contributed by atoms with Gasteiger partial charge < -0.3 is 5.32 Å². The Morgan fingerprint density at radius 2 is 1.35 bits per heavy atom. The van der Waals surface area contributed by atoms with Gasteiger partial charge in [0, 0.05) is 22.3 Å². The largest absolute Gasteiger partial charge is 0.317 e. The Hall–Kier alpha value is 0.110.